The summed E-state index contributed by atoms with van der Waals surface area (Å²) < 4.78 is 7.21. The minimum Gasteiger partial charge on any atom is -0.375 e. The van der Waals surface area contributed by atoms with Crippen molar-refractivity contribution in [2.24, 2.45) is 0 Å². The number of ether oxygens (including phenoxy) is 1. The Balaban J connectivity index is 1.65. The van der Waals surface area contributed by atoms with Crippen LogP contribution < -0.4 is 5.32 Å². The number of nitrogens with one attached hydrogen (secondary N) is 1. The number of amides is 1. The molecule has 1 N–H and O–H groups in total. The molecule has 22 heavy (non-hydrogen) atoms. The van der Waals surface area contributed by atoms with E-state index in [1.54, 1.807) is 16.8 Å². The standard InChI is InChI=1S/C15H19N5O2/c1-15(2)9-12(7-8-22-15)17-14(21)11-3-5-13(6-4-11)20-10-16-18-19-20/h3-6,10,12H,7-9H2,1-2H3,(H,17,21). The Hall–Kier alpha value is -2.28. The molecule has 2 aromatic rings. The second-order valence-electron chi connectivity index (χ2n) is 6.07. The molecule has 7 nitrogen and oxygen atoms in total. The molecule has 116 valence electrons. The number of rotatable bonds is 3. The maximum absolute atomic E-state index is 12.3. The van der Waals surface area contributed by atoms with E-state index < -0.39 is 0 Å². The maximum atomic E-state index is 12.3. The quantitative estimate of drug-likeness (QED) is 0.925. The molecule has 0 saturated carbocycles. The number of carbonyl (C=O) groups excluding carboxylic acids is 1. The smallest absolute Gasteiger partial charge is 0.251 e. The first-order chi connectivity index (χ1) is 10.5. The van der Waals surface area contributed by atoms with Crippen LogP contribution in [0, 0.1) is 0 Å². The zero-order chi connectivity index (χ0) is 15.6. The summed E-state index contributed by atoms with van der Waals surface area (Å²) in [4.78, 5) is 12.3. The zero-order valence-corrected chi connectivity index (χ0v) is 12.7. The van der Waals surface area contributed by atoms with Crippen LogP contribution in [0.4, 0.5) is 0 Å². The van der Waals surface area contributed by atoms with Crippen LogP contribution in [0.5, 0.6) is 0 Å². The van der Waals surface area contributed by atoms with Gasteiger partial charge in [-0.25, -0.2) is 4.68 Å². The summed E-state index contributed by atoms with van der Waals surface area (Å²) in [5.41, 5.74) is 1.26. The molecule has 1 saturated heterocycles. The van der Waals surface area contributed by atoms with Crippen molar-refractivity contribution in [3.63, 3.8) is 0 Å². The molecule has 0 aliphatic carbocycles. The fraction of sp³-hybridized carbons (Fsp3) is 0.467. The first kappa shape index (κ1) is 14.6. The molecule has 1 aromatic carbocycles. The molecule has 1 aliphatic rings. The lowest BCUT2D eigenvalue weighted by molar-refractivity contribution is -0.0615. The molecular formula is C15H19N5O2. The van der Waals surface area contributed by atoms with Crippen LogP contribution in [0.2, 0.25) is 0 Å². The van der Waals surface area contributed by atoms with Gasteiger partial charge >= 0.3 is 0 Å². The Labute approximate surface area is 128 Å². The van der Waals surface area contributed by atoms with E-state index in [9.17, 15) is 4.79 Å². The molecule has 1 amide bonds. The van der Waals surface area contributed by atoms with Gasteiger partial charge in [0.05, 0.1) is 11.3 Å². The monoisotopic (exact) mass is 301 g/mol. The van der Waals surface area contributed by atoms with E-state index >= 15 is 0 Å². The van der Waals surface area contributed by atoms with E-state index in [0.717, 1.165) is 18.5 Å². The largest absolute Gasteiger partial charge is 0.375 e. The van der Waals surface area contributed by atoms with Crippen LogP contribution in [0.1, 0.15) is 37.0 Å². The van der Waals surface area contributed by atoms with Gasteiger partial charge in [-0.1, -0.05) is 0 Å². The molecule has 3 rings (SSSR count). The average molecular weight is 301 g/mol. The third-order valence-electron chi connectivity index (χ3n) is 3.78. The highest BCUT2D eigenvalue weighted by atomic mass is 16.5. The van der Waals surface area contributed by atoms with Gasteiger partial charge in [-0.15, -0.1) is 5.10 Å². The molecule has 0 bridgehead atoms. The van der Waals surface area contributed by atoms with E-state index in [-0.39, 0.29) is 17.6 Å². The average Bonchev–Trinajstić information content (AvgIpc) is 3.00. The number of aromatic nitrogens is 4. The molecule has 7 heteroatoms. The molecule has 1 fully saturated rings. The minimum absolute atomic E-state index is 0.0639. The van der Waals surface area contributed by atoms with Gasteiger partial charge in [0.25, 0.3) is 5.91 Å². The molecule has 1 unspecified atom stereocenters. The van der Waals surface area contributed by atoms with E-state index in [1.165, 1.54) is 6.33 Å². The third-order valence-corrected chi connectivity index (χ3v) is 3.78. The summed E-state index contributed by atoms with van der Waals surface area (Å²) in [7, 11) is 0. The van der Waals surface area contributed by atoms with Gasteiger partial charge in [0, 0.05) is 18.2 Å². The van der Waals surface area contributed by atoms with Gasteiger partial charge in [0.2, 0.25) is 0 Å². The summed E-state index contributed by atoms with van der Waals surface area (Å²) in [6.07, 6.45) is 3.18. The summed E-state index contributed by atoms with van der Waals surface area (Å²) in [6.45, 7) is 4.77. The van der Waals surface area contributed by atoms with Crippen molar-refractivity contribution in [3.8, 4) is 5.69 Å². The van der Waals surface area contributed by atoms with Crippen LogP contribution in [0.15, 0.2) is 30.6 Å². The number of benzene rings is 1. The van der Waals surface area contributed by atoms with E-state index in [4.69, 9.17) is 4.74 Å². The van der Waals surface area contributed by atoms with Gasteiger partial charge < -0.3 is 10.1 Å². The van der Waals surface area contributed by atoms with Crippen molar-refractivity contribution in [1.82, 2.24) is 25.5 Å². The van der Waals surface area contributed by atoms with Crippen molar-refractivity contribution < 1.29 is 9.53 Å². The van der Waals surface area contributed by atoms with Crippen LogP contribution in [-0.4, -0.2) is 44.4 Å². The van der Waals surface area contributed by atoms with Gasteiger partial charge in [0.15, 0.2) is 0 Å². The SMILES string of the molecule is CC1(C)CC(NC(=O)c2ccc(-n3cnnn3)cc2)CCO1. The highest BCUT2D eigenvalue weighted by Gasteiger charge is 2.29. The topological polar surface area (TPSA) is 81.9 Å². The zero-order valence-electron chi connectivity index (χ0n) is 12.7. The Morgan fingerprint density at radius 3 is 2.77 bits per heavy atom. The highest BCUT2D eigenvalue weighted by molar-refractivity contribution is 5.94. The molecule has 2 heterocycles. The van der Waals surface area contributed by atoms with Crippen LogP contribution in [0.3, 0.4) is 0 Å². The first-order valence-electron chi connectivity index (χ1n) is 7.32. The summed E-state index contributed by atoms with van der Waals surface area (Å²) >= 11 is 0. The van der Waals surface area contributed by atoms with E-state index in [1.807, 2.05) is 26.0 Å². The Kier molecular flexibility index (Phi) is 3.89. The molecule has 1 aliphatic heterocycles. The van der Waals surface area contributed by atoms with E-state index in [2.05, 4.69) is 20.8 Å². The number of tetrazole rings is 1. The van der Waals surface area contributed by atoms with Crippen molar-refractivity contribution in [2.45, 2.75) is 38.3 Å². The van der Waals surface area contributed by atoms with Crippen molar-refractivity contribution in [1.29, 1.82) is 0 Å². The maximum Gasteiger partial charge on any atom is 0.251 e. The molecule has 1 aromatic heterocycles. The summed E-state index contributed by atoms with van der Waals surface area (Å²) in [6, 6.07) is 7.34. The number of nitrogens with zero attached hydrogens (tertiary/aromatic N) is 4. The predicted octanol–water partition coefficient (Wildman–Crippen LogP) is 1.35. The number of hydrogen-bond acceptors (Lipinski definition) is 5. The van der Waals surface area contributed by atoms with Crippen molar-refractivity contribution in [2.75, 3.05) is 6.61 Å². The van der Waals surface area contributed by atoms with Crippen LogP contribution >= 0.6 is 0 Å². The number of hydrogen-bond donors (Lipinski definition) is 1. The van der Waals surface area contributed by atoms with Gasteiger partial charge in [-0.3, -0.25) is 4.79 Å². The van der Waals surface area contributed by atoms with Crippen molar-refractivity contribution >= 4 is 5.91 Å². The van der Waals surface area contributed by atoms with Gasteiger partial charge in [-0.2, -0.15) is 0 Å². The lowest BCUT2D eigenvalue weighted by Gasteiger charge is -2.35. The normalized spacial score (nSPS) is 20.5. The molecule has 1 atom stereocenters. The number of carbonyl (C=O) groups is 1. The van der Waals surface area contributed by atoms with Crippen LogP contribution in [-0.2, 0) is 4.74 Å². The summed E-state index contributed by atoms with van der Waals surface area (Å²) in [5, 5.41) is 14.1. The first-order valence-corrected chi connectivity index (χ1v) is 7.32. The fourth-order valence-electron chi connectivity index (χ4n) is 2.67. The second kappa shape index (κ2) is 5.84. The second-order valence-corrected chi connectivity index (χ2v) is 6.07. The van der Waals surface area contributed by atoms with Gasteiger partial charge in [-0.05, 0) is 61.4 Å². The highest BCUT2D eigenvalue weighted by Crippen LogP contribution is 2.24. The Bertz CT molecular complexity index is 636. The van der Waals surface area contributed by atoms with Crippen molar-refractivity contribution in [3.05, 3.63) is 36.2 Å². The minimum atomic E-state index is -0.180. The molecule has 0 spiro atoms. The predicted molar refractivity (Wildman–Crippen MR) is 79.7 cm³/mol. The van der Waals surface area contributed by atoms with Crippen LogP contribution in [0.25, 0.3) is 5.69 Å². The summed E-state index contributed by atoms with van der Waals surface area (Å²) in [5.74, 6) is -0.0639. The van der Waals surface area contributed by atoms with E-state index in [0.29, 0.717) is 12.2 Å². The lowest BCUT2D eigenvalue weighted by atomic mass is 9.94. The Morgan fingerprint density at radius 2 is 2.14 bits per heavy atom. The molecular weight excluding hydrogens is 282 g/mol. The lowest BCUT2D eigenvalue weighted by Crippen LogP contribution is -2.45. The third kappa shape index (κ3) is 3.30. The Morgan fingerprint density at radius 1 is 1.36 bits per heavy atom. The van der Waals surface area contributed by atoms with Gasteiger partial charge in [0.1, 0.15) is 6.33 Å². The fourth-order valence-corrected chi connectivity index (χ4v) is 2.67. The molecule has 0 radical (unpaired) electrons.